The summed E-state index contributed by atoms with van der Waals surface area (Å²) in [6, 6.07) is 128. The minimum atomic E-state index is 0.406. The van der Waals surface area contributed by atoms with Gasteiger partial charge in [-0.2, -0.15) is 15.8 Å². The summed E-state index contributed by atoms with van der Waals surface area (Å²) in [4.78, 5) is 12.6. The Morgan fingerprint density at radius 1 is 0.233 bits per heavy atom. The predicted octanol–water partition coefficient (Wildman–Crippen LogP) is 27.9. The van der Waals surface area contributed by atoms with Crippen LogP contribution in [0.4, 0.5) is 0 Å². The molecule has 0 aliphatic heterocycles. The van der Waals surface area contributed by atoms with Crippen LogP contribution in [0.15, 0.2) is 396 Å². The first-order valence-electron chi connectivity index (χ1n) is 39.6. The molecule has 0 aliphatic carbocycles. The summed E-state index contributed by atoms with van der Waals surface area (Å²) in [7, 11) is 0. The molecule has 0 saturated heterocycles. The Bertz CT molecular complexity index is 8130. The normalized spacial score (nSPS) is 11.5. The summed E-state index contributed by atoms with van der Waals surface area (Å²) in [6.45, 7) is 0. The molecule has 24 aromatic rings. The van der Waals surface area contributed by atoms with Crippen molar-refractivity contribution in [2.45, 2.75) is 0 Å². The van der Waals surface area contributed by atoms with Crippen LogP contribution < -0.4 is 0 Å². The summed E-state index contributed by atoms with van der Waals surface area (Å²) in [5.74, 6) is 0. The van der Waals surface area contributed by atoms with Crippen LogP contribution in [0.3, 0.4) is 0 Å². The molecule has 558 valence electrons. The van der Waals surface area contributed by atoms with Crippen molar-refractivity contribution in [3.63, 3.8) is 0 Å². The van der Waals surface area contributed by atoms with Crippen molar-refractivity contribution in [1.29, 1.82) is 15.8 Å². The van der Waals surface area contributed by atoms with Gasteiger partial charge >= 0.3 is 0 Å². The molecule has 12 heteroatoms. The third kappa shape index (κ3) is 11.5. The van der Waals surface area contributed by atoms with Gasteiger partial charge in [0, 0.05) is 108 Å². The minimum Gasteiger partial charge on any atom is -0.455 e. The summed E-state index contributed by atoms with van der Waals surface area (Å²) < 4.78 is 26.3. The van der Waals surface area contributed by atoms with Crippen LogP contribution in [0, 0.1) is 34.0 Å². The second kappa shape index (κ2) is 28.8. The van der Waals surface area contributed by atoms with Crippen molar-refractivity contribution >= 4 is 131 Å². The first-order chi connectivity index (χ1) is 59.4. The van der Waals surface area contributed by atoms with E-state index in [1.165, 1.54) is 0 Å². The lowest BCUT2D eigenvalue weighted by Gasteiger charge is -2.14. The molecule has 0 N–H and O–H groups in total. The molecule has 0 spiro atoms. The van der Waals surface area contributed by atoms with Crippen LogP contribution in [0.25, 0.3) is 215 Å². The van der Waals surface area contributed by atoms with Gasteiger partial charge in [-0.15, -0.1) is 0 Å². The van der Waals surface area contributed by atoms with Gasteiger partial charge in [0.15, 0.2) is 0 Å². The highest BCUT2D eigenvalue weighted by molar-refractivity contribution is 6.27. The SMILES string of the molecule is N#Cc1cc(-c2ccccc2-c2cccc(-n3c4ccccc4c4c5oc6ccccc6c5ccc43)c2)ccn1.N#Cc1ccncc1-c1ccccc1-c1cccc(-n2c3ccccc3c3c4oc5ccccc5c4ccc32)c1.N#Cc1cnccc1-c1ccccc1-c1cccc(-n2c3ccccc3c3c4oc5ccccc5c4ccc32)c1. The molecule has 9 heterocycles. The highest BCUT2D eigenvalue weighted by Crippen LogP contribution is 2.47. The number of fused-ring (bicyclic) bond motifs is 21. The van der Waals surface area contributed by atoms with Crippen molar-refractivity contribution < 1.29 is 13.3 Å². The molecule has 24 rings (SSSR count). The molecule has 0 radical (unpaired) electrons. The number of benzene rings is 15. The average Bonchev–Trinajstić information content (AvgIpc) is 1.57. The molecule has 0 atom stereocenters. The number of rotatable bonds is 9. The third-order valence-electron chi connectivity index (χ3n) is 23.2. The maximum atomic E-state index is 9.74. The standard InChI is InChI=1S/3C36H21N3O/c37-22-25-20-24(18-19-38-25)28-11-2-1-10-27(28)23-8-7-9-26(21-23)39-32-14-5-3-13-31(32)35-33(39)17-16-30-29-12-4-6-15-34(29)40-36(30)35;37-21-24-22-38-19-18-27(24)28-11-2-1-10-26(28)23-8-7-9-25(20-23)39-32-14-5-3-13-31(32)35-33(39)17-16-30-29-12-4-6-15-34(29)40-36(30)35;37-21-24-18-19-38-22-31(24)27-11-2-1-10-26(27)23-8-7-9-25(20-23)39-32-14-5-3-13-30(32)35-33(39)17-16-29-28-12-4-6-15-34(28)40-36(29)35/h1-21H;2*1-20,22H. The lowest BCUT2D eigenvalue weighted by atomic mass is 9.93. The number of para-hydroxylation sites is 6. The van der Waals surface area contributed by atoms with E-state index in [0.29, 0.717) is 16.8 Å². The van der Waals surface area contributed by atoms with Crippen LogP contribution in [0.5, 0.6) is 0 Å². The van der Waals surface area contributed by atoms with Crippen LogP contribution in [0.1, 0.15) is 16.8 Å². The zero-order valence-electron chi connectivity index (χ0n) is 64.1. The monoisotopic (exact) mass is 1530 g/mol. The highest BCUT2D eigenvalue weighted by atomic mass is 16.3. The van der Waals surface area contributed by atoms with Gasteiger partial charge in [0.1, 0.15) is 51.3 Å². The van der Waals surface area contributed by atoms with Gasteiger partial charge in [-0.25, -0.2) is 4.98 Å². The molecule has 0 amide bonds. The van der Waals surface area contributed by atoms with E-state index >= 15 is 0 Å². The summed E-state index contributed by atoms with van der Waals surface area (Å²) in [5, 5.41) is 42.5. The molecule has 0 saturated carbocycles. The van der Waals surface area contributed by atoms with E-state index in [1.54, 1.807) is 37.1 Å². The van der Waals surface area contributed by atoms with E-state index in [4.69, 9.17) is 13.3 Å². The topological polar surface area (TPSA) is 164 Å². The fourth-order valence-corrected chi connectivity index (χ4v) is 18.0. The van der Waals surface area contributed by atoms with Crippen LogP contribution in [-0.4, -0.2) is 28.7 Å². The molecule has 15 aromatic carbocycles. The maximum absolute atomic E-state index is 9.74. The van der Waals surface area contributed by atoms with E-state index < -0.39 is 0 Å². The molecular formula is C108H63N9O3. The maximum Gasteiger partial charge on any atom is 0.145 e. The first-order valence-corrected chi connectivity index (χ1v) is 39.6. The van der Waals surface area contributed by atoms with E-state index in [2.05, 4.69) is 308 Å². The Morgan fingerprint density at radius 3 is 1.00 bits per heavy atom. The van der Waals surface area contributed by atoms with Crippen LogP contribution in [0.2, 0.25) is 0 Å². The van der Waals surface area contributed by atoms with Crippen molar-refractivity contribution in [3.8, 4) is 102 Å². The number of nitriles is 3. The number of nitrogens with zero attached hydrogens (tertiary/aromatic N) is 9. The van der Waals surface area contributed by atoms with Gasteiger partial charge in [-0.05, 0) is 189 Å². The number of pyridine rings is 3. The number of hydrogen-bond donors (Lipinski definition) is 0. The molecule has 0 unspecified atom stereocenters. The fourth-order valence-electron chi connectivity index (χ4n) is 18.0. The number of aromatic nitrogens is 6. The van der Waals surface area contributed by atoms with Gasteiger partial charge < -0.3 is 27.0 Å². The molecule has 0 bridgehead atoms. The second-order valence-electron chi connectivity index (χ2n) is 29.8. The summed E-state index contributed by atoms with van der Waals surface area (Å²) in [5.41, 5.74) is 29.0. The lowest BCUT2D eigenvalue weighted by Crippen LogP contribution is -1.95. The average molecular weight is 1530 g/mol. The largest absolute Gasteiger partial charge is 0.455 e. The van der Waals surface area contributed by atoms with Gasteiger partial charge in [-0.3, -0.25) is 9.97 Å². The molecule has 12 nitrogen and oxygen atoms in total. The second-order valence-corrected chi connectivity index (χ2v) is 29.8. The zero-order chi connectivity index (χ0) is 79.9. The van der Waals surface area contributed by atoms with Crippen LogP contribution >= 0.6 is 0 Å². The van der Waals surface area contributed by atoms with Crippen molar-refractivity contribution in [2.24, 2.45) is 0 Å². The van der Waals surface area contributed by atoms with Gasteiger partial charge in [0.25, 0.3) is 0 Å². The number of hydrogen-bond acceptors (Lipinski definition) is 9. The quantitative estimate of drug-likeness (QED) is 0.137. The van der Waals surface area contributed by atoms with Crippen molar-refractivity contribution in [3.05, 3.63) is 400 Å². The van der Waals surface area contributed by atoms with E-state index in [1.807, 2.05) is 84.9 Å². The van der Waals surface area contributed by atoms with E-state index in [9.17, 15) is 15.8 Å². The molecule has 9 aromatic heterocycles. The lowest BCUT2D eigenvalue weighted by molar-refractivity contribution is 0.672. The Balaban J connectivity index is 0.000000108. The van der Waals surface area contributed by atoms with Crippen molar-refractivity contribution in [2.75, 3.05) is 0 Å². The third-order valence-corrected chi connectivity index (χ3v) is 23.2. The molecular weight excluding hydrogens is 1470 g/mol. The fraction of sp³-hybridized carbons (Fsp3) is 0. The van der Waals surface area contributed by atoms with Gasteiger partial charge in [0.05, 0.1) is 66.5 Å². The summed E-state index contributed by atoms with van der Waals surface area (Å²) >= 11 is 0. The van der Waals surface area contributed by atoms with Gasteiger partial charge in [-0.1, -0.05) is 218 Å². The van der Waals surface area contributed by atoms with Gasteiger partial charge in [0.2, 0.25) is 0 Å². The minimum absolute atomic E-state index is 0.406. The van der Waals surface area contributed by atoms with Crippen molar-refractivity contribution in [1.82, 2.24) is 28.7 Å². The van der Waals surface area contributed by atoms with Crippen LogP contribution in [-0.2, 0) is 0 Å². The Labute approximate surface area is 686 Å². The number of furan rings is 3. The first kappa shape index (κ1) is 69.7. The molecule has 0 fully saturated rings. The molecule has 0 aliphatic rings. The Morgan fingerprint density at radius 2 is 0.583 bits per heavy atom. The van der Waals surface area contributed by atoms with E-state index in [-0.39, 0.29) is 0 Å². The Kier molecular flexibility index (Phi) is 16.8. The Hall–Kier alpha value is -17.0. The smallest absolute Gasteiger partial charge is 0.145 e. The zero-order valence-corrected chi connectivity index (χ0v) is 64.1. The summed E-state index contributed by atoms with van der Waals surface area (Å²) in [6.07, 6.45) is 8.48. The van der Waals surface area contributed by atoms with E-state index in [0.717, 1.165) is 215 Å². The molecule has 120 heavy (non-hydrogen) atoms. The predicted molar refractivity (Wildman–Crippen MR) is 484 cm³/mol. The highest BCUT2D eigenvalue weighted by Gasteiger charge is 2.25.